The van der Waals surface area contributed by atoms with E-state index < -0.39 is 34.8 Å². The van der Waals surface area contributed by atoms with Crippen LogP contribution in [-0.2, 0) is 4.74 Å². The summed E-state index contributed by atoms with van der Waals surface area (Å²) < 4.78 is 20.3. The molecule has 0 radical (unpaired) electrons. The standard InChI is InChI=1S/C23H22FN5O2/c1-22(2,3)31-21(30)29-9-8-14-16(10-25)20(28)23(12-26,13-27)19(17(14)11-29)15-6-4-5-7-18(15)24/h4-8,17,19H,9,11,28H2,1-3H3/t17-,19+/m1/s1. The zero-order chi connectivity index (χ0) is 23.0. The molecule has 2 atom stereocenters. The largest absolute Gasteiger partial charge is 0.444 e. The summed E-state index contributed by atoms with van der Waals surface area (Å²) in [5, 5.41) is 29.8. The van der Waals surface area contributed by atoms with Crippen LogP contribution in [0.25, 0.3) is 0 Å². The number of carbonyl (C=O) groups excluding carboxylic acids is 1. The normalized spacial score (nSPS) is 22.4. The van der Waals surface area contributed by atoms with Gasteiger partial charge < -0.3 is 15.4 Å². The third-order valence-electron chi connectivity index (χ3n) is 5.56. The predicted molar refractivity (Wildman–Crippen MR) is 109 cm³/mol. The van der Waals surface area contributed by atoms with Gasteiger partial charge in [0, 0.05) is 24.9 Å². The van der Waals surface area contributed by atoms with E-state index in [2.05, 4.69) is 0 Å². The fourth-order valence-corrected chi connectivity index (χ4v) is 4.23. The summed E-state index contributed by atoms with van der Waals surface area (Å²) in [6.45, 7) is 5.43. The van der Waals surface area contributed by atoms with E-state index in [1.807, 2.05) is 18.2 Å². The minimum absolute atomic E-state index is 0.0320. The topological polar surface area (TPSA) is 127 Å². The van der Waals surface area contributed by atoms with Crippen LogP contribution in [0.2, 0.25) is 0 Å². The summed E-state index contributed by atoms with van der Waals surface area (Å²) in [4.78, 5) is 14.1. The first-order valence-electron chi connectivity index (χ1n) is 9.75. The molecule has 2 N–H and O–H groups in total. The molecule has 1 aliphatic carbocycles. The average molecular weight is 419 g/mol. The van der Waals surface area contributed by atoms with Crippen LogP contribution >= 0.6 is 0 Å². The Kier molecular flexibility index (Phi) is 5.49. The maximum atomic E-state index is 14.9. The van der Waals surface area contributed by atoms with E-state index in [4.69, 9.17) is 10.5 Å². The van der Waals surface area contributed by atoms with Crippen LogP contribution in [0.15, 0.2) is 47.2 Å². The number of benzene rings is 1. The van der Waals surface area contributed by atoms with Crippen LogP contribution < -0.4 is 5.73 Å². The van der Waals surface area contributed by atoms with Crippen LogP contribution in [-0.4, -0.2) is 29.7 Å². The number of nitrogens with zero attached hydrogens (tertiary/aromatic N) is 4. The zero-order valence-electron chi connectivity index (χ0n) is 17.5. The maximum Gasteiger partial charge on any atom is 0.410 e. The van der Waals surface area contributed by atoms with Crippen molar-refractivity contribution in [2.24, 2.45) is 17.1 Å². The Balaban J connectivity index is 2.21. The molecule has 0 fully saturated rings. The quantitative estimate of drug-likeness (QED) is 0.742. The number of rotatable bonds is 1. The number of carbonyl (C=O) groups is 1. The summed E-state index contributed by atoms with van der Waals surface area (Å²) in [6, 6.07) is 11.8. The number of allylic oxidation sites excluding steroid dienone is 2. The van der Waals surface area contributed by atoms with Gasteiger partial charge in [-0.25, -0.2) is 9.18 Å². The van der Waals surface area contributed by atoms with Gasteiger partial charge in [0.05, 0.1) is 23.4 Å². The van der Waals surface area contributed by atoms with Crippen molar-refractivity contribution in [3.8, 4) is 18.2 Å². The molecule has 1 heterocycles. The molecule has 1 amide bonds. The third-order valence-corrected chi connectivity index (χ3v) is 5.56. The molecule has 7 nitrogen and oxygen atoms in total. The molecule has 1 aromatic rings. The first kappa shape index (κ1) is 21.9. The van der Waals surface area contributed by atoms with Gasteiger partial charge in [0.15, 0.2) is 5.41 Å². The molecule has 31 heavy (non-hydrogen) atoms. The second kappa shape index (κ2) is 7.78. The highest BCUT2D eigenvalue weighted by atomic mass is 19.1. The van der Waals surface area contributed by atoms with Crippen LogP contribution in [0.4, 0.5) is 9.18 Å². The van der Waals surface area contributed by atoms with Crippen molar-refractivity contribution in [3.63, 3.8) is 0 Å². The SMILES string of the molecule is CC(C)(C)OC(=O)N1CC=C2C(C#N)=C(N)C(C#N)(C#N)[C@@H](c3ccccc3F)[C@@H]2C1. The van der Waals surface area contributed by atoms with E-state index in [0.29, 0.717) is 5.57 Å². The lowest BCUT2D eigenvalue weighted by molar-refractivity contribution is 0.0224. The molecule has 3 rings (SSSR count). The van der Waals surface area contributed by atoms with Gasteiger partial charge in [-0.3, -0.25) is 0 Å². The van der Waals surface area contributed by atoms with Crippen molar-refractivity contribution in [1.29, 1.82) is 15.8 Å². The van der Waals surface area contributed by atoms with E-state index in [1.165, 1.54) is 23.1 Å². The molecule has 158 valence electrons. The average Bonchev–Trinajstić information content (AvgIpc) is 2.72. The summed E-state index contributed by atoms with van der Waals surface area (Å²) in [6.07, 6.45) is 1.09. The number of hydrogen-bond acceptors (Lipinski definition) is 6. The lowest BCUT2D eigenvalue weighted by atomic mass is 9.58. The first-order chi connectivity index (χ1) is 14.6. The summed E-state index contributed by atoms with van der Waals surface area (Å²) >= 11 is 0. The van der Waals surface area contributed by atoms with Gasteiger partial charge in [-0.2, -0.15) is 15.8 Å². The molecular formula is C23H22FN5O2. The van der Waals surface area contributed by atoms with Crippen molar-refractivity contribution in [2.45, 2.75) is 32.3 Å². The number of nitriles is 3. The van der Waals surface area contributed by atoms with Gasteiger partial charge >= 0.3 is 6.09 Å². The van der Waals surface area contributed by atoms with Crippen LogP contribution in [0.5, 0.6) is 0 Å². The second-order valence-electron chi connectivity index (χ2n) is 8.58. The zero-order valence-corrected chi connectivity index (χ0v) is 17.5. The Hall–Kier alpha value is -3.83. The molecule has 0 bridgehead atoms. The molecule has 1 aliphatic heterocycles. The Morgan fingerprint density at radius 3 is 2.45 bits per heavy atom. The highest BCUT2D eigenvalue weighted by Crippen LogP contribution is 2.54. The van der Waals surface area contributed by atoms with E-state index in [9.17, 15) is 25.0 Å². The molecule has 8 heteroatoms. The van der Waals surface area contributed by atoms with Gasteiger partial charge in [0.2, 0.25) is 0 Å². The highest BCUT2D eigenvalue weighted by Gasteiger charge is 2.55. The molecule has 1 aromatic carbocycles. The molecule has 0 spiro atoms. The van der Waals surface area contributed by atoms with Crippen LogP contribution in [0.1, 0.15) is 32.3 Å². The fraction of sp³-hybridized carbons (Fsp3) is 0.391. The Morgan fingerprint density at radius 1 is 1.26 bits per heavy atom. The van der Waals surface area contributed by atoms with E-state index in [0.717, 1.165) is 0 Å². The van der Waals surface area contributed by atoms with Gasteiger partial charge in [0.1, 0.15) is 17.5 Å². The molecule has 0 unspecified atom stereocenters. The minimum atomic E-state index is -1.97. The van der Waals surface area contributed by atoms with Gasteiger partial charge in [-0.05, 0) is 38.0 Å². The predicted octanol–water partition coefficient (Wildman–Crippen LogP) is 3.49. The van der Waals surface area contributed by atoms with Gasteiger partial charge in [-0.15, -0.1) is 0 Å². The van der Waals surface area contributed by atoms with Crippen molar-refractivity contribution in [1.82, 2.24) is 4.90 Å². The lowest BCUT2D eigenvalue weighted by Crippen LogP contribution is -2.50. The van der Waals surface area contributed by atoms with Gasteiger partial charge in [-0.1, -0.05) is 24.3 Å². The number of halogens is 1. The Bertz CT molecular complexity index is 1100. The van der Waals surface area contributed by atoms with Gasteiger partial charge in [0.25, 0.3) is 0 Å². The lowest BCUT2D eigenvalue weighted by Gasteiger charge is -2.45. The van der Waals surface area contributed by atoms with E-state index >= 15 is 0 Å². The smallest absolute Gasteiger partial charge is 0.410 e. The fourth-order valence-electron chi connectivity index (χ4n) is 4.23. The van der Waals surface area contributed by atoms with Crippen molar-refractivity contribution in [3.05, 3.63) is 58.6 Å². The van der Waals surface area contributed by atoms with E-state index in [-0.39, 0.29) is 29.9 Å². The third kappa shape index (κ3) is 3.60. The van der Waals surface area contributed by atoms with Crippen LogP contribution in [0, 0.1) is 51.1 Å². The summed E-state index contributed by atoms with van der Waals surface area (Å²) in [5.41, 5.74) is 3.99. The number of fused-ring (bicyclic) bond motifs is 1. The molecular weight excluding hydrogens is 397 g/mol. The molecule has 0 saturated carbocycles. The number of hydrogen-bond donors (Lipinski definition) is 1. The van der Waals surface area contributed by atoms with Crippen molar-refractivity contribution < 1.29 is 13.9 Å². The number of ether oxygens (including phenoxy) is 1. The monoisotopic (exact) mass is 419 g/mol. The Labute approximate surface area is 180 Å². The highest BCUT2D eigenvalue weighted by molar-refractivity contribution is 5.70. The maximum absolute atomic E-state index is 14.9. The number of amides is 1. The molecule has 0 saturated heterocycles. The van der Waals surface area contributed by atoms with E-state index in [1.54, 1.807) is 32.9 Å². The minimum Gasteiger partial charge on any atom is -0.444 e. The van der Waals surface area contributed by atoms with Crippen LogP contribution in [0.3, 0.4) is 0 Å². The number of nitrogens with two attached hydrogens (primary N) is 1. The first-order valence-corrected chi connectivity index (χ1v) is 9.75. The van der Waals surface area contributed by atoms with Crippen molar-refractivity contribution >= 4 is 6.09 Å². The molecule has 0 aromatic heterocycles. The summed E-state index contributed by atoms with van der Waals surface area (Å²) in [7, 11) is 0. The van der Waals surface area contributed by atoms with Crippen molar-refractivity contribution in [2.75, 3.05) is 13.1 Å². The molecule has 2 aliphatic rings. The Morgan fingerprint density at radius 2 is 1.90 bits per heavy atom. The second-order valence-corrected chi connectivity index (χ2v) is 8.58. The summed E-state index contributed by atoms with van der Waals surface area (Å²) in [5.74, 6) is -2.30.